The Balaban J connectivity index is 1.67. The van der Waals surface area contributed by atoms with Gasteiger partial charge in [-0.05, 0) is 48.0 Å². The molecular weight excluding hydrogens is 385 g/mol. The molecule has 4 aromatic rings. The topological polar surface area (TPSA) is 74.8 Å². The number of aryl methyl sites for hydroxylation is 3. The summed E-state index contributed by atoms with van der Waals surface area (Å²) in [5.74, 6) is -0.344. The maximum absolute atomic E-state index is 15.1. The van der Waals surface area contributed by atoms with Gasteiger partial charge in [-0.25, -0.2) is 9.18 Å². The fourth-order valence-electron chi connectivity index (χ4n) is 3.16. The molecular formula is C22H20FN5O2. The number of halogens is 1. The molecule has 0 fully saturated rings. The van der Waals surface area contributed by atoms with Crippen molar-refractivity contribution >= 4 is 0 Å². The molecule has 0 aliphatic carbocycles. The van der Waals surface area contributed by atoms with E-state index >= 15 is 4.39 Å². The first-order chi connectivity index (χ1) is 14.5. The molecule has 0 aliphatic heterocycles. The van der Waals surface area contributed by atoms with Crippen molar-refractivity contribution in [3.8, 4) is 22.6 Å². The number of ether oxygens (including phenoxy) is 1. The Labute approximate surface area is 172 Å². The molecule has 0 spiro atoms. The summed E-state index contributed by atoms with van der Waals surface area (Å²) in [4.78, 5) is 16.5. The van der Waals surface area contributed by atoms with E-state index in [1.54, 1.807) is 30.5 Å². The molecule has 152 valence electrons. The van der Waals surface area contributed by atoms with E-state index in [0.717, 1.165) is 21.5 Å². The van der Waals surface area contributed by atoms with Gasteiger partial charge in [-0.3, -0.25) is 4.98 Å². The van der Waals surface area contributed by atoms with Crippen LogP contribution in [0.3, 0.4) is 0 Å². The van der Waals surface area contributed by atoms with Crippen molar-refractivity contribution in [2.75, 3.05) is 0 Å². The molecule has 0 amide bonds. The number of aromatic nitrogens is 5. The first kappa shape index (κ1) is 19.5. The third-order valence-electron chi connectivity index (χ3n) is 4.89. The van der Waals surface area contributed by atoms with Crippen LogP contribution in [0.4, 0.5) is 4.39 Å². The second-order valence-electron chi connectivity index (χ2n) is 6.96. The first-order valence-electron chi connectivity index (χ1n) is 9.38. The highest BCUT2D eigenvalue weighted by atomic mass is 19.1. The van der Waals surface area contributed by atoms with Crippen LogP contribution in [-0.4, -0.2) is 24.8 Å². The molecule has 0 radical (unpaired) electrons. The van der Waals surface area contributed by atoms with Gasteiger partial charge in [0, 0.05) is 35.6 Å². The fraction of sp³-hybridized carbons (Fsp3) is 0.182. The van der Waals surface area contributed by atoms with Crippen LogP contribution in [0, 0.1) is 19.7 Å². The van der Waals surface area contributed by atoms with Crippen LogP contribution in [0.15, 0.2) is 59.5 Å². The number of benzene rings is 2. The van der Waals surface area contributed by atoms with Crippen LogP contribution in [-0.2, 0) is 13.7 Å². The van der Waals surface area contributed by atoms with Gasteiger partial charge < -0.3 is 4.74 Å². The van der Waals surface area contributed by atoms with E-state index in [1.165, 1.54) is 11.7 Å². The quantitative estimate of drug-likeness (QED) is 0.509. The predicted molar refractivity (Wildman–Crippen MR) is 110 cm³/mol. The van der Waals surface area contributed by atoms with Gasteiger partial charge in [-0.2, -0.15) is 9.36 Å². The summed E-state index contributed by atoms with van der Waals surface area (Å²) >= 11 is 0. The molecule has 2 aromatic carbocycles. The zero-order chi connectivity index (χ0) is 21.3. The summed E-state index contributed by atoms with van der Waals surface area (Å²) in [6.45, 7) is 3.84. The maximum Gasteiger partial charge on any atom is 0.368 e. The fourth-order valence-corrected chi connectivity index (χ4v) is 3.16. The van der Waals surface area contributed by atoms with Crippen molar-refractivity contribution in [2.24, 2.45) is 7.05 Å². The van der Waals surface area contributed by atoms with Gasteiger partial charge in [0.1, 0.15) is 6.61 Å². The van der Waals surface area contributed by atoms with Crippen molar-refractivity contribution in [3.05, 3.63) is 87.9 Å². The first-order valence-corrected chi connectivity index (χ1v) is 9.38. The monoisotopic (exact) mass is 405 g/mol. The van der Waals surface area contributed by atoms with Gasteiger partial charge in [0.15, 0.2) is 11.6 Å². The van der Waals surface area contributed by atoms with Crippen LogP contribution in [0.2, 0.25) is 0 Å². The van der Waals surface area contributed by atoms with Crippen LogP contribution in [0.25, 0.3) is 16.8 Å². The lowest BCUT2D eigenvalue weighted by Crippen LogP contribution is -2.23. The van der Waals surface area contributed by atoms with Gasteiger partial charge in [0.05, 0.1) is 5.69 Å². The van der Waals surface area contributed by atoms with Crippen molar-refractivity contribution in [1.82, 2.24) is 24.8 Å². The Morgan fingerprint density at radius 2 is 1.83 bits per heavy atom. The summed E-state index contributed by atoms with van der Waals surface area (Å²) in [6, 6.07) is 14.1. The van der Waals surface area contributed by atoms with Gasteiger partial charge in [-0.15, -0.1) is 0 Å². The molecule has 0 unspecified atom stereocenters. The van der Waals surface area contributed by atoms with E-state index in [2.05, 4.69) is 15.4 Å². The molecule has 8 heteroatoms. The number of hydrogen-bond donors (Lipinski definition) is 0. The summed E-state index contributed by atoms with van der Waals surface area (Å²) in [5.41, 5.74) is 3.74. The third-order valence-corrected chi connectivity index (χ3v) is 4.89. The van der Waals surface area contributed by atoms with E-state index in [4.69, 9.17) is 4.74 Å². The van der Waals surface area contributed by atoms with Crippen molar-refractivity contribution in [3.63, 3.8) is 0 Å². The average Bonchev–Trinajstić information content (AvgIpc) is 3.07. The van der Waals surface area contributed by atoms with Crippen LogP contribution in [0.1, 0.15) is 16.8 Å². The molecule has 0 aliphatic rings. The summed E-state index contributed by atoms with van der Waals surface area (Å²) in [7, 11) is 1.53. The number of hydrogen-bond acceptors (Lipinski definition) is 5. The minimum atomic E-state index is -0.463. The normalized spacial score (nSPS) is 10.9. The van der Waals surface area contributed by atoms with Crippen molar-refractivity contribution in [1.29, 1.82) is 0 Å². The summed E-state index contributed by atoms with van der Waals surface area (Å²) in [6.07, 6.45) is 1.64. The van der Waals surface area contributed by atoms with E-state index in [9.17, 15) is 4.79 Å². The molecule has 0 saturated carbocycles. The smallest absolute Gasteiger partial charge is 0.368 e. The Hall–Kier alpha value is -3.81. The van der Waals surface area contributed by atoms with E-state index in [1.807, 2.05) is 38.1 Å². The van der Waals surface area contributed by atoms with Gasteiger partial charge >= 0.3 is 5.69 Å². The number of rotatable bonds is 5. The molecule has 0 N–H and O–H groups in total. The van der Waals surface area contributed by atoms with Gasteiger partial charge in [0.2, 0.25) is 0 Å². The van der Waals surface area contributed by atoms with E-state index in [-0.39, 0.29) is 18.0 Å². The zero-order valence-corrected chi connectivity index (χ0v) is 16.8. The minimum absolute atomic E-state index is 0.0670. The molecule has 7 nitrogen and oxygen atoms in total. The Morgan fingerprint density at radius 1 is 1.03 bits per heavy atom. The average molecular weight is 405 g/mol. The highest BCUT2D eigenvalue weighted by Crippen LogP contribution is 2.30. The molecule has 30 heavy (non-hydrogen) atoms. The second kappa shape index (κ2) is 7.90. The van der Waals surface area contributed by atoms with Gasteiger partial charge in [-0.1, -0.05) is 30.3 Å². The Kier molecular flexibility index (Phi) is 5.14. The molecule has 2 heterocycles. The SMILES string of the molecule is Cc1ccc(-c2cccc(OCc3c(C)cccc3-n3nnn(C)c3=O)c2F)cn1. The highest BCUT2D eigenvalue weighted by molar-refractivity contribution is 5.65. The third kappa shape index (κ3) is 3.59. The predicted octanol–water partition coefficient (Wildman–Crippen LogP) is 3.36. The number of pyridine rings is 1. The van der Waals surface area contributed by atoms with Crippen LogP contribution < -0.4 is 10.4 Å². The van der Waals surface area contributed by atoms with Crippen molar-refractivity contribution in [2.45, 2.75) is 20.5 Å². The molecule has 0 bridgehead atoms. The molecule has 2 aromatic heterocycles. The number of tetrazole rings is 1. The lowest BCUT2D eigenvalue weighted by atomic mass is 10.1. The molecule has 0 saturated heterocycles. The van der Waals surface area contributed by atoms with Crippen molar-refractivity contribution < 1.29 is 9.13 Å². The minimum Gasteiger partial charge on any atom is -0.486 e. The van der Waals surface area contributed by atoms with E-state index in [0.29, 0.717) is 16.8 Å². The standard InChI is InChI=1S/C22H20FN5O2/c1-14-6-4-8-19(28-22(29)27(3)25-26-28)18(14)13-30-20-9-5-7-17(21(20)23)16-11-10-15(2)24-12-16/h4-12H,13H2,1-3H3. The largest absolute Gasteiger partial charge is 0.486 e. The Bertz CT molecular complexity index is 1260. The zero-order valence-electron chi connectivity index (χ0n) is 16.8. The lowest BCUT2D eigenvalue weighted by molar-refractivity contribution is 0.289. The number of nitrogens with zero attached hydrogens (tertiary/aromatic N) is 5. The van der Waals surface area contributed by atoms with E-state index < -0.39 is 5.82 Å². The highest BCUT2D eigenvalue weighted by Gasteiger charge is 2.16. The van der Waals surface area contributed by atoms with Crippen LogP contribution in [0.5, 0.6) is 5.75 Å². The Morgan fingerprint density at radius 3 is 2.53 bits per heavy atom. The lowest BCUT2D eigenvalue weighted by Gasteiger charge is -2.14. The summed E-state index contributed by atoms with van der Waals surface area (Å²) in [5, 5.41) is 7.66. The van der Waals surface area contributed by atoms with Gasteiger partial charge in [0.25, 0.3) is 0 Å². The summed E-state index contributed by atoms with van der Waals surface area (Å²) < 4.78 is 23.3. The van der Waals surface area contributed by atoms with Crippen LogP contribution >= 0.6 is 0 Å². The maximum atomic E-state index is 15.1. The molecule has 4 rings (SSSR count). The second-order valence-corrected chi connectivity index (χ2v) is 6.96. The molecule has 0 atom stereocenters.